The van der Waals surface area contributed by atoms with Gasteiger partial charge in [0, 0.05) is 4.75 Å². The van der Waals surface area contributed by atoms with Gasteiger partial charge in [0.15, 0.2) is 0 Å². The molecule has 0 radical (unpaired) electrons. The molecule has 0 aliphatic heterocycles. The van der Waals surface area contributed by atoms with Crippen LogP contribution >= 0.6 is 11.8 Å². The number of benzene rings is 4. The number of alkyl carbamates (subject to hydrolysis) is 1. The molecular formula is C32H31NO4S. The van der Waals surface area contributed by atoms with Gasteiger partial charge in [-0.25, -0.2) is 9.59 Å². The molecule has 0 aliphatic rings. The van der Waals surface area contributed by atoms with Crippen LogP contribution in [0.2, 0.25) is 0 Å². The van der Waals surface area contributed by atoms with Crippen molar-refractivity contribution in [1.82, 2.24) is 5.32 Å². The number of ether oxygens (including phenoxy) is 1. The summed E-state index contributed by atoms with van der Waals surface area (Å²) in [6, 6.07) is 38.2. The SMILES string of the molecule is CC(C)(SC(c1ccccc1)(c1ccccc1)c1ccccc1)C(NC(=O)OCc1ccccc1)C(=O)O. The lowest BCUT2D eigenvalue weighted by Crippen LogP contribution is -2.54. The summed E-state index contributed by atoms with van der Waals surface area (Å²) >= 11 is 1.50. The Hall–Kier alpha value is -4.03. The summed E-state index contributed by atoms with van der Waals surface area (Å²) < 4.78 is 3.64. The van der Waals surface area contributed by atoms with Gasteiger partial charge in [0.25, 0.3) is 0 Å². The molecule has 4 aromatic rings. The number of thioether (sulfide) groups is 1. The Morgan fingerprint density at radius 2 is 1.13 bits per heavy atom. The maximum Gasteiger partial charge on any atom is 0.408 e. The molecule has 0 spiro atoms. The Balaban J connectivity index is 1.72. The summed E-state index contributed by atoms with van der Waals surface area (Å²) in [4.78, 5) is 25.3. The third-order valence-corrected chi connectivity index (χ3v) is 8.15. The first-order valence-electron chi connectivity index (χ1n) is 12.4. The number of carboxylic acid groups (broad SMARTS) is 1. The molecule has 1 atom stereocenters. The number of carboxylic acids is 1. The number of carbonyl (C=O) groups is 2. The molecule has 4 aromatic carbocycles. The zero-order valence-corrected chi connectivity index (χ0v) is 22.2. The van der Waals surface area contributed by atoms with E-state index >= 15 is 0 Å². The van der Waals surface area contributed by atoms with E-state index in [1.54, 1.807) is 0 Å². The van der Waals surface area contributed by atoms with Crippen LogP contribution in [0.5, 0.6) is 0 Å². The van der Waals surface area contributed by atoms with Gasteiger partial charge in [0.2, 0.25) is 0 Å². The quantitative estimate of drug-likeness (QED) is 0.221. The predicted molar refractivity (Wildman–Crippen MR) is 152 cm³/mol. The summed E-state index contributed by atoms with van der Waals surface area (Å²) in [5.41, 5.74) is 3.84. The molecule has 2 N–H and O–H groups in total. The molecule has 0 bridgehead atoms. The Labute approximate surface area is 227 Å². The first-order chi connectivity index (χ1) is 18.3. The van der Waals surface area contributed by atoms with Crippen molar-refractivity contribution in [1.29, 1.82) is 0 Å². The zero-order valence-electron chi connectivity index (χ0n) is 21.4. The first-order valence-corrected chi connectivity index (χ1v) is 13.2. The van der Waals surface area contributed by atoms with Crippen molar-refractivity contribution in [2.75, 3.05) is 0 Å². The average Bonchev–Trinajstić information content (AvgIpc) is 2.95. The normalized spacial score (nSPS) is 12.4. The molecule has 6 heteroatoms. The molecule has 0 fully saturated rings. The van der Waals surface area contributed by atoms with Crippen molar-refractivity contribution in [2.24, 2.45) is 0 Å². The summed E-state index contributed by atoms with van der Waals surface area (Å²) in [6.07, 6.45) is -0.778. The van der Waals surface area contributed by atoms with Crippen LogP contribution in [0.3, 0.4) is 0 Å². The lowest BCUT2D eigenvalue weighted by Gasteiger charge is -2.43. The Morgan fingerprint density at radius 1 is 0.737 bits per heavy atom. The second-order valence-corrected chi connectivity index (χ2v) is 11.3. The molecule has 0 saturated carbocycles. The fourth-order valence-electron chi connectivity index (χ4n) is 4.56. The number of rotatable bonds is 10. The predicted octanol–water partition coefficient (Wildman–Crippen LogP) is 6.87. The minimum atomic E-state index is -1.23. The van der Waals surface area contributed by atoms with Gasteiger partial charge in [-0.15, -0.1) is 11.8 Å². The van der Waals surface area contributed by atoms with Gasteiger partial charge in [-0.1, -0.05) is 121 Å². The van der Waals surface area contributed by atoms with Crippen LogP contribution < -0.4 is 5.32 Å². The second-order valence-electron chi connectivity index (χ2n) is 9.46. The van der Waals surface area contributed by atoms with E-state index in [4.69, 9.17) is 4.74 Å². The van der Waals surface area contributed by atoms with E-state index < -0.39 is 27.6 Å². The highest BCUT2D eigenvalue weighted by atomic mass is 32.2. The third-order valence-electron chi connectivity index (χ3n) is 6.37. The van der Waals surface area contributed by atoms with Crippen LogP contribution in [0, 0.1) is 0 Å². The summed E-state index contributed by atoms with van der Waals surface area (Å²) in [6.45, 7) is 3.74. The monoisotopic (exact) mass is 525 g/mol. The Morgan fingerprint density at radius 3 is 1.53 bits per heavy atom. The molecule has 0 aromatic heterocycles. The van der Waals surface area contributed by atoms with Gasteiger partial charge >= 0.3 is 12.1 Å². The Kier molecular flexibility index (Phi) is 8.54. The molecule has 1 unspecified atom stereocenters. The van der Waals surface area contributed by atoms with Crippen LogP contribution in [-0.4, -0.2) is 28.0 Å². The highest BCUT2D eigenvalue weighted by Crippen LogP contribution is 2.54. The number of carbonyl (C=O) groups excluding carboxylic acids is 1. The number of amides is 1. The molecule has 194 valence electrons. The van der Waals surface area contributed by atoms with E-state index in [9.17, 15) is 14.7 Å². The molecule has 0 saturated heterocycles. The van der Waals surface area contributed by atoms with Gasteiger partial charge in [0.1, 0.15) is 12.6 Å². The van der Waals surface area contributed by atoms with Crippen LogP contribution in [0.15, 0.2) is 121 Å². The highest BCUT2D eigenvalue weighted by molar-refractivity contribution is 8.02. The largest absolute Gasteiger partial charge is 0.480 e. The van der Waals surface area contributed by atoms with Crippen molar-refractivity contribution >= 4 is 23.8 Å². The van der Waals surface area contributed by atoms with E-state index in [1.165, 1.54) is 11.8 Å². The molecule has 0 heterocycles. The van der Waals surface area contributed by atoms with Gasteiger partial charge in [-0.05, 0) is 36.1 Å². The van der Waals surface area contributed by atoms with Crippen LogP contribution in [0.1, 0.15) is 36.1 Å². The van der Waals surface area contributed by atoms with E-state index in [0.717, 1.165) is 22.3 Å². The third kappa shape index (κ3) is 6.09. The average molecular weight is 526 g/mol. The van der Waals surface area contributed by atoms with E-state index in [2.05, 4.69) is 41.7 Å². The number of hydrogen-bond donors (Lipinski definition) is 2. The first kappa shape index (κ1) is 27.0. The van der Waals surface area contributed by atoms with Gasteiger partial charge < -0.3 is 15.2 Å². The molecule has 4 rings (SSSR count). The van der Waals surface area contributed by atoms with Crippen LogP contribution in [0.25, 0.3) is 0 Å². The lowest BCUT2D eigenvalue weighted by atomic mass is 9.84. The topological polar surface area (TPSA) is 75.6 Å². The second kappa shape index (κ2) is 12.0. The summed E-state index contributed by atoms with van der Waals surface area (Å²) in [7, 11) is 0. The number of aliphatic carboxylic acids is 1. The van der Waals surface area contributed by atoms with Crippen molar-refractivity contribution < 1.29 is 19.4 Å². The van der Waals surface area contributed by atoms with Crippen molar-refractivity contribution in [3.05, 3.63) is 144 Å². The van der Waals surface area contributed by atoms with Gasteiger partial charge in [0.05, 0.1) is 4.75 Å². The number of hydrogen-bond acceptors (Lipinski definition) is 4. The van der Waals surface area contributed by atoms with Crippen LogP contribution in [0.4, 0.5) is 4.79 Å². The highest BCUT2D eigenvalue weighted by Gasteiger charge is 2.47. The Bertz CT molecular complexity index is 1230. The fraction of sp³-hybridized carbons (Fsp3) is 0.188. The van der Waals surface area contributed by atoms with E-state index in [-0.39, 0.29) is 6.61 Å². The minimum absolute atomic E-state index is 0.0502. The van der Waals surface area contributed by atoms with Crippen molar-refractivity contribution in [2.45, 2.75) is 36.0 Å². The lowest BCUT2D eigenvalue weighted by molar-refractivity contribution is -0.140. The molecule has 1 amide bonds. The fourth-order valence-corrected chi connectivity index (χ4v) is 6.39. The smallest absolute Gasteiger partial charge is 0.408 e. The van der Waals surface area contributed by atoms with Crippen molar-refractivity contribution in [3.8, 4) is 0 Å². The summed E-state index contributed by atoms with van der Waals surface area (Å²) in [5, 5.41) is 12.9. The van der Waals surface area contributed by atoms with E-state index in [0.29, 0.717) is 0 Å². The molecule has 38 heavy (non-hydrogen) atoms. The van der Waals surface area contributed by atoms with E-state index in [1.807, 2.05) is 98.8 Å². The molecule has 0 aliphatic carbocycles. The molecular weight excluding hydrogens is 494 g/mol. The number of nitrogens with one attached hydrogen (secondary N) is 1. The summed E-state index contributed by atoms with van der Waals surface area (Å²) in [5.74, 6) is -1.14. The minimum Gasteiger partial charge on any atom is -0.480 e. The standard InChI is InChI=1S/C32H31NO4S/c1-31(2,28(29(34)35)33-30(36)37-23-24-15-7-3-8-16-24)38-32(25-17-9-4-10-18-25,26-19-11-5-12-20-26)27-21-13-6-14-22-27/h3-22,28H,23H2,1-2H3,(H,33,36)(H,34,35). The van der Waals surface area contributed by atoms with Crippen LogP contribution in [-0.2, 0) is 20.9 Å². The molecule has 5 nitrogen and oxygen atoms in total. The zero-order chi connectivity index (χ0) is 27.0. The van der Waals surface area contributed by atoms with Crippen molar-refractivity contribution in [3.63, 3.8) is 0 Å². The maximum absolute atomic E-state index is 12.7. The van der Waals surface area contributed by atoms with Gasteiger partial charge in [-0.2, -0.15) is 0 Å². The maximum atomic E-state index is 12.7. The van der Waals surface area contributed by atoms with Gasteiger partial charge in [-0.3, -0.25) is 0 Å².